The third-order valence-corrected chi connectivity index (χ3v) is 7.80. The molecule has 204 valence electrons. The quantitative estimate of drug-likeness (QED) is 0.111. The van der Waals surface area contributed by atoms with Crippen molar-refractivity contribution in [3.63, 3.8) is 0 Å². The first-order valence-corrected chi connectivity index (χ1v) is 14.2. The van der Waals surface area contributed by atoms with E-state index in [4.69, 9.17) is 25.4 Å². The first-order chi connectivity index (χ1) is 18.4. The number of ether oxygens (including phenoxy) is 2. The minimum Gasteiger partial charge on any atom is -0.455 e. The summed E-state index contributed by atoms with van der Waals surface area (Å²) in [6.45, 7) is 9.83. The van der Waals surface area contributed by atoms with Crippen LogP contribution in [0.25, 0.3) is 11.3 Å². The van der Waals surface area contributed by atoms with Gasteiger partial charge in [0.25, 0.3) is 0 Å². The highest BCUT2D eigenvalue weighted by Gasteiger charge is 2.17. The van der Waals surface area contributed by atoms with E-state index in [1.54, 1.807) is 35.6 Å². The van der Waals surface area contributed by atoms with E-state index in [0.717, 1.165) is 80.4 Å². The Hall–Kier alpha value is -3.14. The zero-order valence-corrected chi connectivity index (χ0v) is 23.4. The molecule has 1 unspecified atom stereocenters. The van der Waals surface area contributed by atoms with Crippen LogP contribution in [0.4, 0.5) is 0 Å². The Morgan fingerprint density at radius 2 is 1.68 bits per heavy atom. The predicted octanol–water partition coefficient (Wildman–Crippen LogP) is 4.98. The third kappa shape index (κ3) is 7.69. The van der Waals surface area contributed by atoms with Crippen LogP contribution >= 0.6 is 11.3 Å². The van der Waals surface area contributed by atoms with Crippen molar-refractivity contribution in [2.75, 3.05) is 39.8 Å². The number of likely N-dealkylation sites (N-methyl/N-ethyl adjacent to an activating group) is 1. The number of nitrogens with two attached hydrogens (primary N) is 1. The highest BCUT2D eigenvalue weighted by Crippen LogP contribution is 2.30. The van der Waals surface area contributed by atoms with Gasteiger partial charge in [0.05, 0.1) is 10.7 Å². The van der Waals surface area contributed by atoms with Crippen molar-refractivity contribution in [1.29, 1.82) is 0 Å². The molecule has 1 aromatic heterocycles. The van der Waals surface area contributed by atoms with E-state index < -0.39 is 6.29 Å². The molecule has 1 aliphatic heterocycles. The monoisotopic (exact) mass is 537 g/mol. The second-order valence-corrected chi connectivity index (χ2v) is 11.0. The molecule has 0 amide bonds. The highest BCUT2D eigenvalue weighted by molar-refractivity contribution is 7.12. The number of amidine groups is 1. The fourth-order valence-electron chi connectivity index (χ4n) is 4.46. The SMILES string of the molecule is CCCCC(Oc1ccc(C(N)=NO)cc1)Oc1ccc(-c2nc(C)sc2CCN2CCN(C)CC2)cc1. The number of thiazole rings is 1. The van der Waals surface area contributed by atoms with Crippen molar-refractivity contribution >= 4 is 17.2 Å². The molecule has 3 aromatic rings. The molecule has 2 heterocycles. The van der Waals surface area contributed by atoms with E-state index in [1.165, 1.54) is 4.88 Å². The number of aromatic nitrogens is 1. The Morgan fingerprint density at radius 1 is 1.05 bits per heavy atom. The summed E-state index contributed by atoms with van der Waals surface area (Å²) in [6, 6.07) is 15.3. The van der Waals surface area contributed by atoms with Gasteiger partial charge in [0.15, 0.2) is 5.84 Å². The fourth-order valence-corrected chi connectivity index (χ4v) is 5.41. The van der Waals surface area contributed by atoms with Crippen LogP contribution in [-0.4, -0.2) is 71.9 Å². The van der Waals surface area contributed by atoms with Gasteiger partial charge in [-0.25, -0.2) is 4.98 Å². The topological polar surface area (TPSA) is 96.4 Å². The van der Waals surface area contributed by atoms with E-state index in [-0.39, 0.29) is 5.84 Å². The molecule has 8 nitrogen and oxygen atoms in total. The molecule has 0 bridgehead atoms. The Balaban J connectivity index is 1.40. The molecular weight excluding hydrogens is 498 g/mol. The molecule has 1 aliphatic rings. The van der Waals surface area contributed by atoms with Crippen molar-refractivity contribution in [2.45, 2.75) is 45.8 Å². The van der Waals surface area contributed by atoms with Gasteiger partial charge >= 0.3 is 0 Å². The molecule has 0 saturated carbocycles. The molecule has 9 heteroatoms. The molecule has 0 spiro atoms. The Kier molecular flexibility index (Phi) is 9.98. The van der Waals surface area contributed by atoms with Crippen LogP contribution in [0.1, 0.15) is 41.6 Å². The van der Waals surface area contributed by atoms with E-state index >= 15 is 0 Å². The molecule has 2 aromatic carbocycles. The Morgan fingerprint density at radius 3 is 2.29 bits per heavy atom. The van der Waals surface area contributed by atoms with Crippen LogP contribution in [0, 0.1) is 6.92 Å². The van der Waals surface area contributed by atoms with Crippen molar-refractivity contribution in [1.82, 2.24) is 14.8 Å². The summed E-state index contributed by atoms with van der Waals surface area (Å²) in [6.07, 6.45) is 3.40. The summed E-state index contributed by atoms with van der Waals surface area (Å²) < 4.78 is 12.4. The summed E-state index contributed by atoms with van der Waals surface area (Å²) in [5, 5.41) is 13.0. The molecule has 0 aliphatic carbocycles. The van der Waals surface area contributed by atoms with Gasteiger partial charge < -0.3 is 30.2 Å². The molecule has 3 N–H and O–H groups in total. The molecule has 0 radical (unpaired) electrons. The van der Waals surface area contributed by atoms with Gasteiger partial charge in [-0.1, -0.05) is 18.5 Å². The van der Waals surface area contributed by atoms with E-state index in [0.29, 0.717) is 11.3 Å². The zero-order valence-electron chi connectivity index (χ0n) is 22.6. The summed E-state index contributed by atoms with van der Waals surface area (Å²) >= 11 is 1.80. The van der Waals surface area contributed by atoms with E-state index in [1.807, 2.05) is 12.1 Å². The number of nitrogens with zero attached hydrogens (tertiary/aromatic N) is 4. The lowest BCUT2D eigenvalue weighted by molar-refractivity contribution is -0.00211. The lowest BCUT2D eigenvalue weighted by atomic mass is 10.1. The molecule has 38 heavy (non-hydrogen) atoms. The molecule has 1 atom stereocenters. The van der Waals surface area contributed by atoms with Gasteiger partial charge in [-0.3, -0.25) is 0 Å². The van der Waals surface area contributed by atoms with Gasteiger partial charge in [0, 0.05) is 55.1 Å². The standard InChI is InChI=1S/C29H39N5O3S/c1-4-5-6-27(37-25-13-9-23(10-14-25)29(30)32-35)36-24-11-7-22(8-12-24)28-26(38-21(2)31-28)15-16-34-19-17-33(3)18-20-34/h7-14,27,35H,4-6,15-20H2,1-3H3,(H2,30,32). The predicted molar refractivity (Wildman–Crippen MR) is 153 cm³/mol. The maximum absolute atomic E-state index is 8.87. The van der Waals surface area contributed by atoms with Crippen molar-refractivity contribution in [2.24, 2.45) is 10.9 Å². The summed E-state index contributed by atoms with van der Waals surface area (Å²) in [5.74, 6) is 1.49. The minimum absolute atomic E-state index is 0.0632. The lowest BCUT2D eigenvalue weighted by Crippen LogP contribution is -2.45. The number of rotatable bonds is 12. The maximum atomic E-state index is 8.87. The normalized spacial score (nSPS) is 15.9. The molecule has 1 fully saturated rings. The summed E-state index contributed by atoms with van der Waals surface area (Å²) in [4.78, 5) is 11.1. The van der Waals surface area contributed by atoms with Crippen LogP contribution in [-0.2, 0) is 6.42 Å². The number of piperazine rings is 1. The van der Waals surface area contributed by atoms with Crippen LogP contribution in [0.3, 0.4) is 0 Å². The van der Waals surface area contributed by atoms with Gasteiger partial charge in [0.1, 0.15) is 11.5 Å². The highest BCUT2D eigenvalue weighted by atomic mass is 32.1. The van der Waals surface area contributed by atoms with Crippen molar-refractivity contribution in [3.05, 3.63) is 64.0 Å². The summed E-state index contributed by atoms with van der Waals surface area (Å²) in [7, 11) is 2.19. The third-order valence-electron chi connectivity index (χ3n) is 6.77. The van der Waals surface area contributed by atoms with Crippen molar-refractivity contribution < 1.29 is 14.7 Å². The number of benzene rings is 2. The second-order valence-electron chi connectivity index (χ2n) is 9.74. The van der Waals surface area contributed by atoms with Gasteiger partial charge in [-0.05, 0) is 75.3 Å². The van der Waals surface area contributed by atoms with E-state index in [9.17, 15) is 0 Å². The lowest BCUT2D eigenvalue weighted by Gasteiger charge is -2.32. The average molecular weight is 538 g/mol. The van der Waals surface area contributed by atoms with Crippen LogP contribution in [0.15, 0.2) is 53.7 Å². The van der Waals surface area contributed by atoms with Crippen LogP contribution in [0.5, 0.6) is 11.5 Å². The molecular formula is C29H39N5O3S. The largest absolute Gasteiger partial charge is 0.455 e. The number of oxime groups is 1. The molecule has 4 rings (SSSR count). The van der Waals surface area contributed by atoms with Gasteiger partial charge in [-0.2, -0.15) is 0 Å². The minimum atomic E-state index is -0.420. The average Bonchev–Trinajstić information content (AvgIpc) is 3.32. The van der Waals surface area contributed by atoms with E-state index in [2.05, 4.69) is 48.0 Å². The fraction of sp³-hybridized carbons (Fsp3) is 0.448. The zero-order chi connectivity index (χ0) is 26.9. The number of hydrogen-bond donors (Lipinski definition) is 2. The van der Waals surface area contributed by atoms with Crippen LogP contribution < -0.4 is 15.2 Å². The molecule has 1 saturated heterocycles. The Labute approximate surface area is 229 Å². The first-order valence-electron chi connectivity index (χ1n) is 13.3. The smallest absolute Gasteiger partial charge is 0.241 e. The summed E-state index contributed by atoms with van der Waals surface area (Å²) in [5.41, 5.74) is 8.48. The second kappa shape index (κ2) is 13.6. The first kappa shape index (κ1) is 27.9. The Bertz CT molecular complexity index is 1170. The van der Waals surface area contributed by atoms with Crippen molar-refractivity contribution in [3.8, 4) is 22.8 Å². The maximum Gasteiger partial charge on any atom is 0.241 e. The van der Waals surface area contributed by atoms with Crippen LogP contribution in [0.2, 0.25) is 0 Å². The number of unbranched alkanes of at least 4 members (excludes halogenated alkanes) is 1. The van der Waals surface area contributed by atoms with Gasteiger partial charge in [0.2, 0.25) is 6.29 Å². The number of aryl methyl sites for hydroxylation is 1. The number of hydrogen-bond acceptors (Lipinski definition) is 8. The van der Waals surface area contributed by atoms with Gasteiger partial charge in [-0.15, -0.1) is 11.3 Å².